The standard InChI is InChI=1S/C26H29ClFNO6/c1-14-13-29(6-7-30)20-12-22(33-3)17(10-19(20)26(14)32)9-16-4-5-21(24(27)25(16)28)35-23-11-18(31)8-15(2)34-23/h4-5,10,12-13,15,18,23,30-31H,6-9,11H2,1-3H3. The Balaban J connectivity index is 1.67. The quantitative estimate of drug-likeness (QED) is 0.505. The Bertz CT molecular complexity index is 1280. The zero-order chi connectivity index (χ0) is 25.3. The van der Waals surface area contributed by atoms with Crippen LogP contribution in [0.3, 0.4) is 0 Å². The van der Waals surface area contributed by atoms with Crippen LogP contribution in [-0.2, 0) is 17.7 Å². The molecule has 2 heterocycles. The van der Waals surface area contributed by atoms with Crippen LogP contribution in [0.2, 0.25) is 5.02 Å². The van der Waals surface area contributed by atoms with Crippen molar-refractivity contribution in [3.05, 3.63) is 68.2 Å². The largest absolute Gasteiger partial charge is 0.496 e. The molecule has 7 nitrogen and oxygen atoms in total. The summed E-state index contributed by atoms with van der Waals surface area (Å²) in [5, 5.41) is 19.6. The highest BCUT2D eigenvalue weighted by Gasteiger charge is 2.28. The number of aromatic nitrogens is 1. The van der Waals surface area contributed by atoms with Gasteiger partial charge < -0.3 is 29.0 Å². The maximum Gasteiger partial charge on any atom is 0.202 e. The van der Waals surface area contributed by atoms with Crippen molar-refractivity contribution in [1.82, 2.24) is 4.57 Å². The predicted octanol–water partition coefficient (Wildman–Crippen LogP) is 3.96. The summed E-state index contributed by atoms with van der Waals surface area (Å²) in [5.41, 5.74) is 1.96. The lowest BCUT2D eigenvalue weighted by atomic mass is 10.00. The summed E-state index contributed by atoms with van der Waals surface area (Å²) in [6.45, 7) is 3.80. The van der Waals surface area contributed by atoms with Crippen molar-refractivity contribution in [2.75, 3.05) is 13.7 Å². The number of pyridine rings is 1. The number of aryl methyl sites for hydroxylation is 1. The minimum absolute atomic E-state index is 0.0800. The third-order valence-electron chi connectivity index (χ3n) is 6.22. The average molecular weight is 506 g/mol. The fourth-order valence-electron chi connectivity index (χ4n) is 4.52. The van der Waals surface area contributed by atoms with E-state index in [4.69, 9.17) is 25.8 Å². The van der Waals surface area contributed by atoms with Gasteiger partial charge in [-0.05, 0) is 43.5 Å². The summed E-state index contributed by atoms with van der Waals surface area (Å²) in [5.74, 6) is -0.0215. The Morgan fingerprint density at radius 2 is 2.00 bits per heavy atom. The summed E-state index contributed by atoms with van der Waals surface area (Å²) < 4.78 is 34.0. The van der Waals surface area contributed by atoms with Crippen LogP contribution in [-0.4, -0.2) is 47.0 Å². The summed E-state index contributed by atoms with van der Waals surface area (Å²) in [7, 11) is 1.51. The van der Waals surface area contributed by atoms with Gasteiger partial charge >= 0.3 is 0 Å². The molecule has 0 saturated carbocycles. The van der Waals surface area contributed by atoms with E-state index in [1.165, 1.54) is 7.11 Å². The van der Waals surface area contributed by atoms with Gasteiger partial charge in [0.25, 0.3) is 0 Å². The first-order valence-electron chi connectivity index (χ1n) is 11.5. The van der Waals surface area contributed by atoms with Crippen molar-refractivity contribution in [1.29, 1.82) is 0 Å². The van der Waals surface area contributed by atoms with E-state index >= 15 is 4.39 Å². The van der Waals surface area contributed by atoms with E-state index in [-0.39, 0.29) is 41.8 Å². The molecule has 1 saturated heterocycles. The molecule has 9 heteroatoms. The van der Waals surface area contributed by atoms with E-state index in [1.807, 2.05) is 6.92 Å². The first-order valence-corrected chi connectivity index (χ1v) is 11.9. The van der Waals surface area contributed by atoms with Crippen molar-refractivity contribution in [2.24, 2.45) is 0 Å². The van der Waals surface area contributed by atoms with Crippen LogP contribution >= 0.6 is 11.6 Å². The number of methoxy groups -OCH3 is 1. The van der Waals surface area contributed by atoms with Crippen LogP contribution < -0.4 is 14.9 Å². The molecule has 4 rings (SSSR count). The van der Waals surface area contributed by atoms with E-state index in [9.17, 15) is 15.0 Å². The predicted molar refractivity (Wildman–Crippen MR) is 131 cm³/mol. The van der Waals surface area contributed by atoms with Gasteiger partial charge in [-0.3, -0.25) is 4.79 Å². The maximum atomic E-state index is 15.3. The van der Waals surface area contributed by atoms with Gasteiger partial charge in [0.2, 0.25) is 6.29 Å². The molecular weight excluding hydrogens is 477 g/mol. The lowest BCUT2D eigenvalue weighted by molar-refractivity contribution is -0.170. The van der Waals surface area contributed by atoms with Crippen LogP contribution in [0, 0.1) is 12.7 Å². The van der Waals surface area contributed by atoms with Crippen molar-refractivity contribution in [3.8, 4) is 11.5 Å². The van der Waals surface area contributed by atoms with E-state index in [0.717, 1.165) is 0 Å². The number of fused-ring (bicyclic) bond motifs is 1. The Kier molecular flexibility index (Phi) is 7.66. The highest BCUT2D eigenvalue weighted by atomic mass is 35.5. The zero-order valence-corrected chi connectivity index (χ0v) is 20.6. The SMILES string of the molecule is COc1cc2c(cc1Cc1ccc(OC3CC(O)CC(C)O3)c(Cl)c1F)c(=O)c(C)cn2CCO. The average Bonchev–Trinajstić information content (AvgIpc) is 2.81. The van der Waals surface area contributed by atoms with E-state index < -0.39 is 18.2 Å². The van der Waals surface area contributed by atoms with Gasteiger partial charge in [0, 0.05) is 42.6 Å². The monoisotopic (exact) mass is 505 g/mol. The number of hydrogen-bond acceptors (Lipinski definition) is 6. The number of halogens is 2. The second-order valence-corrected chi connectivity index (χ2v) is 9.26. The minimum atomic E-state index is -0.721. The van der Waals surface area contributed by atoms with Crippen molar-refractivity contribution in [2.45, 2.75) is 58.2 Å². The van der Waals surface area contributed by atoms with Gasteiger partial charge in [-0.1, -0.05) is 17.7 Å². The summed E-state index contributed by atoms with van der Waals surface area (Å²) in [4.78, 5) is 12.8. The summed E-state index contributed by atoms with van der Waals surface area (Å²) >= 11 is 6.30. The number of nitrogens with zero attached hydrogens (tertiary/aromatic N) is 1. The molecule has 0 aliphatic carbocycles. The number of ether oxygens (including phenoxy) is 3. The van der Waals surface area contributed by atoms with E-state index in [0.29, 0.717) is 46.3 Å². The van der Waals surface area contributed by atoms with Crippen molar-refractivity contribution < 1.29 is 28.8 Å². The Morgan fingerprint density at radius 3 is 2.69 bits per heavy atom. The van der Waals surface area contributed by atoms with Crippen LogP contribution in [0.5, 0.6) is 11.5 Å². The number of benzene rings is 2. The number of aliphatic hydroxyl groups is 2. The molecular formula is C26H29ClFNO6. The molecule has 0 spiro atoms. The first kappa shape index (κ1) is 25.4. The van der Waals surface area contributed by atoms with Crippen molar-refractivity contribution in [3.63, 3.8) is 0 Å². The van der Waals surface area contributed by atoms with Gasteiger partial charge in [-0.2, -0.15) is 0 Å². The minimum Gasteiger partial charge on any atom is -0.496 e. The van der Waals surface area contributed by atoms with Crippen molar-refractivity contribution >= 4 is 22.5 Å². The molecule has 3 atom stereocenters. The molecule has 3 unspecified atom stereocenters. The molecule has 35 heavy (non-hydrogen) atoms. The summed E-state index contributed by atoms with van der Waals surface area (Å²) in [6, 6.07) is 6.57. The van der Waals surface area contributed by atoms with Crippen LogP contribution in [0.4, 0.5) is 4.39 Å². The molecule has 1 fully saturated rings. The fourth-order valence-corrected chi connectivity index (χ4v) is 4.75. The first-order chi connectivity index (χ1) is 16.7. The Hall–Kier alpha value is -2.65. The third-order valence-corrected chi connectivity index (χ3v) is 6.57. The van der Waals surface area contributed by atoms with Crippen LogP contribution in [0.25, 0.3) is 10.9 Å². The molecule has 3 aromatic rings. The van der Waals surface area contributed by atoms with Gasteiger partial charge in [-0.15, -0.1) is 0 Å². The Morgan fingerprint density at radius 1 is 1.23 bits per heavy atom. The van der Waals surface area contributed by atoms with Gasteiger partial charge in [-0.25, -0.2) is 4.39 Å². The number of rotatable bonds is 7. The molecule has 0 amide bonds. The molecule has 1 aromatic heterocycles. The zero-order valence-electron chi connectivity index (χ0n) is 19.9. The van der Waals surface area contributed by atoms with Gasteiger partial charge in [0.05, 0.1) is 31.4 Å². The smallest absolute Gasteiger partial charge is 0.202 e. The molecule has 0 bridgehead atoms. The lowest BCUT2D eigenvalue weighted by Crippen LogP contribution is -2.37. The van der Waals surface area contributed by atoms with E-state index in [1.54, 1.807) is 42.0 Å². The molecule has 2 N–H and O–H groups in total. The molecule has 188 valence electrons. The molecule has 0 radical (unpaired) electrons. The Labute approximate surface area is 207 Å². The number of aliphatic hydroxyl groups excluding tert-OH is 2. The molecule has 2 aromatic carbocycles. The summed E-state index contributed by atoms with van der Waals surface area (Å²) in [6.07, 6.45) is 1.16. The van der Waals surface area contributed by atoms with Crippen LogP contribution in [0.15, 0.2) is 35.3 Å². The topological polar surface area (TPSA) is 90.2 Å². The van der Waals surface area contributed by atoms with Gasteiger partial charge in [0.1, 0.15) is 22.3 Å². The molecule has 1 aliphatic rings. The van der Waals surface area contributed by atoms with Crippen LogP contribution in [0.1, 0.15) is 36.5 Å². The highest BCUT2D eigenvalue weighted by molar-refractivity contribution is 6.32. The number of hydrogen-bond donors (Lipinski definition) is 2. The second kappa shape index (κ2) is 10.5. The highest BCUT2D eigenvalue weighted by Crippen LogP contribution is 2.35. The maximum absolute atomic E-state index is 15.3. The second-order valence-electron chi connectivity index (χ2n) is 8.89. The van der Waals surface area contributed by atoms with Gasteiger partial charge in [0.15, 0.2) is 5.43 Å². The normalized spacial score (nSPS) is 20.3. The third kappa shape index (κ3) is 5.30. The molecule has 1 aliphatic heterocycles. The van der Waals surface area contributed by atoms with E-state index in [2.05, 4.69) is 0 Å². The lowest BCUT2D eigenvalue weighted by Gasteiger charge is -2.31. The fraction of sp³-hybridized carbons (Fsp3) is 0.423.